The first-order valence-corrected chi connectivity index (χ1v) is 13.8. The number of rotatable bonds is 4. The molecule has 6 heteroatoms. The third-order valence-electron chi connectivity index (χ3n) is 4.37. The van der Waals surface area contributed by atoms with E-state index in [1.807, 2.05) is 25.1 Å². The molecule has 3 rings (SSSR count). The summed E-state index contributed by atoms with van der Waals surface area (Å²) in [6.07, 6.45) is 4.02. The summed E-state index contributed by atoms with van der Waals surface area (Å²) in [6, 6.07) is 14.7. The van der Waals surface area contributed by atoms with Gasteiger partial charge in [0.05, 0.1) is 0 Å². The fourth-order valence-electron chi connectivity index (χ4n) is 3.04. The van der Waals surface area contributed by atoms with Crippen LogP contribution >= 0.6 is 27.2 Å². The van der Waals surface area contributed by atoms with Gasteiger partial charge in [-0.25, -0.2) is 0 Å². The molecule has 1 N–H and O–H groups in total. The maximum absolute atomic E-state index is 10.3. The molecule has 0 spiro atoms. The molecule has 0 saturated carbocycles. The van der Waals surface area contributed by atoms with Gasteiger partial charge in [-0.3, -0.25) is 4.90 Å². The fourth-order valence-corrected chi connectivity index (χ4v) is 4.33. The summed E-state index contributed by atoms with van der Waals surface area (Å²) < 4.78 is 0. The number of phenols is 1. The van der Waals surface area contributed by atoms with Crippen molar-refractivity contribution in [1.82, 2.24) is 4.90 Å². The van der Waals surface area contributed by atoms with Crippen LogP contribution < -0.4 is 10.6 Å². The second-order valence-corrected chi connectivity index (χ2v) is 10.1. The average molecular weight is 432 g/mol. The van der Waals surface area contributed by atoms with Crippen LogP contribution in [0.25, 0.3) is 0 Å². The first-order valence-electron chi connectivity index (χ1n) is 8.48. The zero-order valence-electron chi connectivity index (χ0n) is 14.4. The average Bonchev–Trinajstić information content (AvgIpc) is 2.62. The van der Waals surface area contributed by atoms with E-state index < -0.39 is 17.0 Å². The molecule has 1 heterocycles. The molecule has 0 amide bonds. The molecule has 0 radical (unpaired) electrons. The second kappa shape index (κ2) is 11.6. The number of hydrogen-bond donors (Lipinski definition) is 1. The molecule has 2 nitrogen and oxygen atoms in total. The number of likely N-dealkylation sites (tertiary alicyclic amines) is 1. The van der Waals surface area contributed by atoms with Crippen LogP contribution in [-0.2, 0) is 23.6 Å². The maximum atomic E-state index is 10.3. The van der Waals surface area contributed by atoms with Gasteiger partial charge in [0, 0.05) is 11.8 Å². The number of nitrogens with zero attached hydrogens (tertiary/aromatic N) is 1. The summed E-state index contributed by atoms with van der Waals surface area (Å²) in [5.74, 6) is 0.452. The van der Waals surface area contributed by atoms with Gasteiger partial charge in [0.2, 0.25) is 0 Å². The number of hydrogen-bond acceptors (Lipinski definition) is 2. The normalized spacial score (nSPS) is 15.0. The molecule has 1 aliphatic heterocycles. The van der Waals surface area contributed by atoms with Crippen LogP contribution in [0.15, 0.2) is 42.5 Å². The van der Waals surface area contributed by atoms with E-state index in [1.54, 1.807) is 0 Å². The van der Waals surface area contributed by atoms with Crippen molar-refractivity contribution in [2.75, 3.05) is 13.1 Å². The Morgan fingerprint density at radius 1 is 1.00 bits per heavy atom. The van der Waals surface area contributed by atoms with E-state index >= 15 is 0 Å². The first kappa shape index (κ1) is 21.2. The molecule has 2 aromatic rings. The molecule has 1 unspecified atom stereocenters. The molecule has 1 aliphatic rings. The van der Waals surface area contributed by atoms with E-state index in [-0.39, 0.29) is 0 Å². The molecule has 1 fully saturated rings. The number of para-hydroxylation sites is 1. The number of aryl methyl sites for hydroxylation is 1. The van der Waals surface area contributed by atoms with Crippen LogP contribution in [0.2, 0.25) is 0 Å². The third kappa shape index (κ3) is 6.87. The van der Waals surface area contributed by atoms with Gasteiger partial charge in [-0.1, -0.05) is 57.5 Å². The summed E-state index contributed by atoms with van der Waals surface area (Å²) in [5, 5.41) is 12.7. The monoisotopic (exact) mass is 431 g/mol. The Morgan fingerprint density at radius 2 is 1.64 bits per heavy atom. The van der Waals surface area contributed by atoms with Crippen molar-refractivity contribution in [2.45, 2.75) is 32.7 Å². The second-order valence-electron chi connectivity index (χ2n) is 6.16. The van der Waals surface area contributed by atoms with Gasteiger partial charge in [0.1, 0.15) is 5.75 Å². The van der Waals surface area contributed by atoms with Gasteiger partial charge < -0.3 is 5.11 Å². The molecule has 134 valence electrons. The van der Waals surface area contributed by atoms with Crippen LogP contribution in [0.5, 0.6) is 5.75 Å². The molecular formula is C19H24Cl2NOPTi. The van der Waals surface area contributed by atoms with Crippen molar-refractivity contribution in [3.63, 3.8) is 0 Å². The molecule has 1 atom stereocenters. The van der Waals surface area contributed by atoms with E-state index in [2.05, 4.69) is 29.2 Å². The van der Waals surface area contributed by atoms with E-state index in [4.69, 9.17) is 18.6 Å². The fraction of sp³-hybridized carbons (Fsp3) is 0.368. The summed E-state index contributed by atoms with van der Waals surface area (Å²) in [5.41, 5.74) is 2.36. The number of phenolic OH excluding ortho intramolecular Hbond substituents is 1. The van der Waals surface area contributed by atoms with Crippen LogP contribution in [0.4, 0.5) is 0 Å². The van der Waals surface area contributed by atoms with Crippen molar-refractivity contribution in [2.24, 2.45) is 0 Å². The number of aromatic hydroxyl groups is 1. The van der Waals surface area contributed by atoms with Crippen LogP contribution in [-0.4, -0.2) is 23.1 Å². The molecule has 2 aromatic carbocycles. The van der Waals surface area contributed by atoms with Gasteiger partial charge in [-0.05, 0) is 49.3 Å². The first-order chi connectivity index (χ1) is 12.2. The zero-order chi connectivity index (χ0) is 18.1. The van der Waals surface area contributed by atoms with Crippen LogP contribution in [0.3, 0.4) is 0 Å². The standard InChI is InChI=1S/C19H24NOP.2ClH.Ti/c1-15-8-7-11-18(19(15)21)22-17-10-4-3-9-16(17)14-20-12-5-2-6-13-20;;;/h3-4,7-11,21-22H,2,5-6,12-14H2,1H3;2*1H;/q;;;+2/p-2. The molecule has 1 saturated heterocycles. The summed E-state index contributed by atoms with van der Waals surface area (Å²) in [7, 11) is 10.3. The van der Waals surface area contributed by atoms with Crippen molar-refractivity contribution in [3.05, 3.63) is 53.6 Å². The topological polar surface area (TPSA) is 23.5 Å². The van der Waals surface area contributed by atoms with Crippen LogP contribution in [0, 0.1) is 6.92 Å². The Kier molecular flexibility index (Phi) is 9.85. The predicted molar refractivity (Wildman–Crippen MR) is 108 cm³/mol. The Balaban J connectivity index is 0.000000701. The van der Waals surface area contributed by atoms with Crippen molar-refractivity contribution < 1.29 is 22.1 Å². The van der Waals surface area contributed by atoms with Crippen molar-refractivity contribution in [1.29, 1.82) is 0 Å². The molecule has 25 heavy (non-hydrogen) atoms. The molecule has 0 aromatic heterocycles. The van der Waals surface area contributed by atoms with Gasteiger partial charge in [0.25, 0.3) is 0 Å². The number of piperidine rings is 1. The molecular weight excluding hydrogens is 408 g/mol. The van der Waals surface area contributed by atoms with Crippen molar-refractivity contribution in [3.8, 4) is 5.75 Å². The quantitative estimate of drug-likeness (QED) is 0.560. The van der Waals surface area contributed by atoms with Gasteiger partial charge >= 0.3 is 35.6 Å². The SMILES string of the molecule is Cc1cccc(Pc2ccccc2CN2CCCCC2)c1O.[Cl][Ti][Cl]. The van der Waals surface area contributed by atoms with Gasteiger partial charge in [-0.15, -0.1) is 0 Å². The zero-order valence-corrected chi connectivity index (χ0v) is 18.5. The Bertz CT molecular complexity index is 666. The van der Waals surface area contributed by atoms with Crippen LogP contribution in [0.1, 0.15) is 30.4 Å². The van der Waals surface area contributed by atoms with Gasteiger partial charge in [-0.2, -0.15) is 0 Å². The van der Waals surface area contributed by atoms with Crippen molar-refractivity contribution >= 4 is 37.8 Å². The minimum absolute atomic E-state index is 0.452. The predicted octanol–water partition coefficient (Wildman–Crippen LogP) is 4.69. The van der Waals surface area contributed by atoms with Gasteiger partial charge in [0.15, 0.2) is 0 Å². The summed E-state index contributed by atoms with van der Waals surface area (Å²) >= 11 is -0.556. The van der Waals surface area contributed by atoms with E-state index in [9.17, 15) is 5.11 Å². The Hall–Kier alpha value is -0.0757. The number of benzene rings is 2. The van der Waals surface area contributed by atoms with E-state index in [0.29, 0.717) is 14.3 Å². The third-order valence-corrected chi connectivity index (χ3v) is 5.80. The Labute approximate surface area is 169 Å². The molecule has 0 bridgehead atoms. The molecule has 0 aliphatic carbocycles. The Morgan fingerprint density at radius 3 is 2.36 bits per heavy atom. The van der Waals surface area contributed by atoms with E-state index in [1.165, 1.54) is 43.2 Å². The number of halogens is 2. The summed E-state index contributed by atoms with van der Waals surface area (Å²) in [4.78, 5) is 2.56. The van der Waals surface area contributed by atoms with E-state index in [0.717, 1.165) is 17.4 Å². The minimum atomic E-state index is -0.556. The summed E-state index contributed by atoms with van der Waals surface area (Å²) in [6.45, 7) is 5.43.